The van der Waals surface area contributed by atoms with Crippen LogP contribution < -0.4 is 4.74 Å². The molecule has 22 heavy (non-hydrogen) atoms. The molecule has 1 heterocycles. The monoisotopic (exact) mass is 344 g/mol. The van der Waals surface area contributed by atoms with E-state index in [1.807, 2.05) is 0 Å². The summed E-state index contributed by atoms with van der Waals surface area (Å²) < 4.78 is 6.60. The van der Waals surface area contributed by atoms with Crippen molar-refractivity contribution in [1.82, 2.24) is 19.8 Å². The van der Waals surface area contributed by atoms with E-state index in [9.17, 15) is 4.79 Å². The quantitative estimate of drug-likeness (QED) is 0.753. The van der Waals surface area contributed by atoms with Crippen molar-refractivity contribution in [2.75, 3.05) is 19.8 Å². The van der Waals surface area contributed by atoms with E-state index in [0.29, 0.717) is 22.4 Å². The number of hydroxylamine groups is 2. The number of halogens is 2. The zero-order valence-electron chi connectivity index (χ0n) is 11.8. The molecule has 0 unspecified atom stereocenters. The summed E-state index contributed by atoms with van der Waals surface area (Å²) in [5, 5.41) is 5.78. The molecule has 0 atom stereocenters. The Labute approximate surface area is 137 Å². The summed E-state index contributed by atoms with van der Waals surface area (Å²) in [6, 6.07) is 4.49. The number of carbonyl (C=O) groups excluding carboxylic acids is 1. The summed E-state index contributed by atoms with van der Waals surface area (Å²) in [6.45, 7) is 2.56. The first kappa shape index (κ1) is 16.5. The Morgan fingerprint density at radius 3 is 2.82 bits per heavy atom. The minimum atomic E-state index is -0.447. The molecule has 0 N–H and O–H groups in total. The Kier molecular flexibility index (Phi) is 6.00. The summed E-state index contributed by atoms with van der Waals surface area (Å²) in [5.74, 6) is 0.555. The second-order valence-electron chi connectivity index (χ2n) is 4.07. The second-order valence-corrected chi connectivity index (χ2v) is 4.88. The smallest absolute Gasteiger partial charge is 0.370 e. The maximum absolute atomic E-state index is 12.1. The molecule has 0 bridgehead atoms. The first-order chi connectivity index (χ1) is 10.6. The van der Waals surface area contributed by atoms with Gasteiger partial charge in [-0.1, -0.05) is 23.2 Å². The van der Waals surface area contributed by atoms with Crippen LogP contribution in [0.2, 0.25) is 10.0 Å². The molecule has 0 saturated heterocycles. The number of hydrogen-bond acceptors (Lipinski definition) is 5. The van der Waals surface area contributed by atoms with Crippen LogP contribution in [0.25, 0.3) is 0 Å². The molecule has 2 aromatic rings. The van der Waals surface area contributed by atoms with Gasteiger partial charge in [0.1, 0.15) is 25.0 Å². The molecular weight excluding hydrogens is 331 g/mol. The van der Waals surface area contributed by atoms with Crippen molar-refractivity contribution in [3.63, 3.8) is 0 Å². The lowest BCUT2D eigenvalue weighted by Gasteiger charge is -2.20. The molecule has 0 aliphatic heterocycles. The Morgan fingerprint density at radius 1 is 1.36 bits per heavy atom. The molecule has 0 fully saturated rings. The molecule has 0 aliphatic carbocycles. The molecule has 1 aromatic heterocycles. The van der Waals surface area contributed by atoms with Crippen LogP contribution in [0.5, 0.6) is 5.75 Å². The van der Waals surface area contributed by atoms with Crippen molar-refractivity contribution < 1.29 is 14.4 Å². The number of amides is 1. The van der Waals surface area contributed by atoms with Crippen LogP contribution in [0.3, 0.4) is 0 Å². The van der Waals surface area contributed by atoms with E-state index in [4.69, 9.17) is 32.8 Å². The van der Waals surface area contributed by atoms with Crippen LogP contribution in [0, 0.1) is 0 Å². The van der Waals surface area contributed by atoms with Crippen molar-refractivity contribution in [3.8, 4) is 5.75 Å². The molecule has 0 spiro atoms. The highest BCUT2D eigenvalue weighted by molar-refractivity contribution is 6.42. The summed E-state index contributed by atoms with van der Waals surface area (Å²) in [6.07, 6.45) is 2.57. The molecule has 1 amide bonds. The summed E-state index contributed by atoms with van der Waals surface area (Å²) in [4.78, 5) is 21.1. The van der Waals surface area contributed by atoms with Gasteiger partial charge in [0.05, 0.1) is 23.2 Å². The fraction of sp³-hybridized carbons (Fsp3) is 0.308. The van der Waals surface area contributed by atoms with Gasteiger partial charge in [0, 0.05) is 6.07 Å². The Balaban J connectivity index is 1.91. The third-order valence-electron chi connectivity index (χ3n) is 2.57. The maximum Gasteiger partial charge on any atom is 0.370 e. The fourth-order valence-corrected chi connectivity index (χ4v) is 1.89. The van der Waals surface area contributed by atoms with Crippen molar-refractivity contribution in [2.24, 2.45) is 0 Å². The average molecular weight is 345 g/mol. The number of aromatic nitrogens is 3. The highest BCUT2D eigenvalue weighted by Gasteiger charge is 2.16. The molecule has 1 aromatic carbocycles. The number of carbonyl (C=O) groups is 1. The lowest BCUT2D eigenvalue weighted by molar-refractivity contribution is -0.116. The van der Waals surface area contributed by atoms with Gasteiger partial charge in [-0.25, -0.2) is 9.78 Å². The standard InChI is InChI=1S/C13H14Cl2N4O3/c1-2-22-19(13(20)18-9-16-8-17-18)5-6-21-10-3-4-11(14)12(15)7-10/h3-4,7-9H,2,5-6H2,1H3. The van der Waals surface area contributed by atoms with Crippen molar-refractivity contribution in [1.29, 1.82) is 0 Å². The molecule has 0 aliphatic rings. The number of ether oxygens (including phenoxy) is 1. The minimum Gasteiger partial charge on any atom is -0.492 e. The average Bonchev–Trinajstić information content (AvgIpc) is 3.03. The SMILES string of the molecule is CCON(CCOc1ccc(Cl)c(Cl)c1)C(=O)n1cncn1. The second kappa shape index (κ2) is 7.98. The molecule has 2 rings (SSSR count). The minimum absolute atomic E-state index is 0.215. The van der Waals surface area contributed by atoms with Gasteiger partial charge in [-0.3, -0.25) is 4.84 Å². The van der Waals surface area contributed by atoms with Gasteiger partial charge in [-0.05, 0) is 19.1 Å². The first-order valence-corrected chi connectivity index (χ1v) is 7.24. The maximum atomic E-state index is 12.1. The summed E-state index contributed by atoms with van der Waals surface area (Å²) in [5.41, 5.74) is 0. The van der Waals surface area contributed by atoms with E-state index >= 15 is 0 Å². The van der Waals surface area contributed by atoms with E-state index in [-0.39, 0.29) is 13.2 Å². The number of hydrogen-bond donors (Lipinski definition) is 0. The van der Waals surface area contributed by atoms with Crippen molar-refractivity contribution >= 4 is 29.2 Å². The van der Waals surface area contributed by atoms with Crippen LogP contribution in [0.4, 0.5) is 4.79 Å². The van der Waals surface area contributed by atoms with E-state index in [0.717, 1.165) is 9.75 Å². The van der Waals surface area contributed by atoms with Gasteiger partial charge >= 0.3 is 6.03 Å². The Bertz CT molecular complexity index is 622. The number of rotatable bonds is 6. The predicted molar refractivity (Wildman–Crippen MR) is 81.1 cm³/mol. The van der Waals surface area contributed by atoms with Gasteiger partial charge in [-0.2, -0.15) is 14.8 Å². The van der Waals surface area contributed by atoms with Crippen LogP contribution in [0.1, 0.15) is 6.92 Å². The van der Waals surface area contributed by atoms with E-state index in [2.05, 4.69) is 10.1 Å². The predicted octanol–water partition coefficient (Wildman–Crippen LogP) is 2.89. The van der Waals surface area contributed by atoms with E-state index in [1.165, 1.54) is 12.7 Å². The summed E-state index contributed by atoms with van der Waals surface area (Å²) >= 11 is 11.7. The lowest BCUT2D eigenvalue weighted by Crippen LogP contribution is -2.38. The van der Waals surface area contributed by atoms with Crippen LogP contribution in [-0.4, -0.2) is 45.6 Å². The molecule has 0 saturated carbocycles. The fourth-order valence-electron chi connectivity index (χ4n) is 1.61. The largest absolute Gasteiger partial charge is 0.492 e. The van der Waals surface area contributed by atoms with Crippen molar-refractivity contribution in [2.45, 2.75) is 6.92 Å². The molecule has 9 heteroatoms. The molecular formula is C13H14Cl2N4O3. The van der Waals surface area contributed by atoms with Crippen LogP contribution in [-0.2, 0) is 4.84 Å². The lowest BCUT2D eigenvalue weighted by atomic mass is 10.3. The molecule has 118 valence electrons. The summed E-state index contributed by atoms with van der Waals surface area (Å²) in [7, 11) is 0. The number of nitrogens with zero attached hydrogens (tertiary/aromatic N) is 4. The molecule has 0 radical (unpaired) electrons. The van der Waals surface area contributed by atoms with Crippen LogP contribution in [0.15, 0.2) is 30.9 Å². The normalized spacial score (nSPS) is 10.5. The Morgan fingerprint density at radius 2 is 2.18 bits per heavy atom. The van der Waals surface area contributed by atoms with E-state index in [1.54, 1.807) is 25.1 Å². The highest BCUT2D eigenvalue weighted by Crippen LogP contribution is 2.26. The van der Waals surface area contributed by atoms with Crippen LogP contribution >= 0.6 is 23.2 Å². The van der Waals surface area contributed by atoms with E-state index < -0.39 is 6.03 Å². The zero-order valence-corrected chi connectivity index (χ0v) is 13.3. The van der Waals surface area contributed by atoms with Gasteiger partial charge < -0.3 is 4.74 Å². The van der Waals surface area contributed by atoms with Crippen molar-refractivity contribution in [3.05, 3.63) is 40.9 Å². The Hall–Kier alpha value is -1.83. The number of benzene rings is 1. The van der Waals surface area contributed by atoms with Gasteiger partial charge in [0.2, 0.25) is 0 Å². The van der Waals surface area contributed by atoms with Gasteiger partial charge in [-0.15, -0.1) is 0 Å². The highest BCUT2D eigenvalue weighted by atomic mass is 35.5. The van der Waals surface area contributed by atoms with Gasteiger partial charge in [0.25, 0.3) is 0 Å². The topological polar surface area (TPSA) is 69.5 Å². The third kappa shape index (κ3) is 4.33. The third-order valence-corrected chi connectivity index (χ3v) is 3.31. The van der Waals surface area contributed by atoms with Gasteiger partial charge in [0.15, 0.2) is 0 Å². The molecule has 7 nitrogen and oxygen atoms in total. The first-order valence-electron chi connectivity index (χ1n) is 6.49. The zero-order chi connectivity index (χ0) is 15.9.